The van der Waals surface area contributed by atoms with Gasteiger partial charge in [-0.05, 0) is 61.7 Å². The third-order valence-electron chi connectivity index (χ3n) is 6.36. The van der Waals surface area contributed by atoms with Gasteiger partial charge in [0, 0.05) is 18.8 Å². The van der Waals surface area contributed by atoms with Gasteiger partial charge in [-0.25, -0.2) is 0 Å². The first kappa shape index (κ1) is 19.4. The van der Waals surface area contributed by atoms with Gasteiger partial charge in [-0.1, -0.05) is 27.2 Å². The smallest absolute Gasteiger partial charge is 0.250 e. The summed E-state index contributed by atoms with van der Waals surface area (Å²) in [6.07, 6.45) is 6.88. The molecule has 136 valence electrons. The minimum atomic E-state index is -1.90. The maximum atomic E-state index is 11.8. The Morgan fingerprint density at radius 2 is 1.96 bits per heavy atom. The zero-order valence-corrected chi connectivity index (χ0v) is 17.3. The Hall–Kier alpha value is -0.903. The molecule has 0 N–H and O–H groups in total. The van der Waals surface area contributed by atoms with Crippen LogP contribution < -0.4 is 0 Å². The Morgan fingerprint density at radius 1 is 1.29 bits per heavy atom. The van der Waals surface area contributed by atoms with Gasteiger partial charge in [0.25, 0.3) is 0 Å². The van der Waals surface area contributed by atoms with Crippen LogP contribution in [0.4, 0.5) is 0 Å². The Bertz CT molecular complexity index is 527. The standard InChI is InChI=1S/C20H34O3Si/c1-14(22)11-15-12-19(23-24(5,6)20(2,3)4)17-10-8-7-9-16(17)18(15)13-21/h13,15-16,18H,7-12H2,1-6H3. The fourth-order valence-corrected chi connectivity index (χ4v) is 5.13. The summed E-state index contributed by atoms with van der Waals surface area (Å²) < 4.78 is 6.71. The third-order valence-corrected chi connectivity index (χ3v) is 10.7. The molecule has 1 saturated carbocycles. The van der Waals surface area contributed by atoms with E-state index in [2.05, 4.69) is 33.9 Å². The van der Waals surface area contributed by atoms with Crippen LogP contribution in [0.5, 0.6) is 0 Å². The molecule has 0 radical (unpaired) electrons. The monoisotopic (exact) mass is 350 g/mol. The van der Waals surface area contributed by atoms with E-state index in [1.807, 2.05) is 0 Å². The SMILES string of the molecule is CC(=O)CC1CC(O[Si](C)(C)C(C)(C)C)=C2CCCCC2C1C=O. The molecule has 0 bridgehead atoms. The molecule has 0 aromatic carbocycles. The van der Waals surface area contributed by atoms with Crippen molar-refractivity contribution < 1.29 is 14.0 Å². The lowest BCUT2D eigenvalue weighted by molar-refractivity contribution is -0.120. The highest BCUT2D eigenvalue weighted by atomic mass is 28.4. The Labute approximate surface area is 148 Å². The van der Waals surface area contributed by atoms with Gasteiger partial charge in [-0.15, -0.1) is 0 Å². The first-order valence-electron chi connectivity index (χ1n) is 9.42. The molecule has 1 fully saturated rings. The average molecular weight is 351 g/mol. The summed E-state index contributed by atoms with van der Waals surface area (Å²) in [5, 5.41) is 0.155. The number of fused-ring (bicyclic) bond motifs is 1. The minimum absolute atomic E-state index is 0.00374. The second-order valence-electron chi connectivity index (χ2n) is 9.25. The highest BCUT2D eigenvalue weighted by Gasteiger charge is 2.44. The zero-order chi connectivity index (χ0) is 18.1. The quantitative estimate of drug-likeness (QED) is 0.501. The van der Waals surface area contributed by atoms with Crippen LogP contribution in [-0.2, 0) is 14.0 Å². The molecule has 0 saturated heterocycles. The summed E-state index contributed by atoms with van der Waals surface area (Å²) in [7, 11) is -1.90. The van der Waals surface area contributed by atoms with Crippen LogP contribution in [0.2, 0.25) is 18.1 Å². The molecule has 0 heterocycles. The number of aldehydes is 1. The van der Waals surface area contributed by atoms with Crippen LogP contribution in [0.1, 0.15) is 66.2 Å². The highest BCUT2D eigenvalue weighted by molar-refractivity contribution is 6.74. The van der Waals surface area contributed by atoms with Gasteiger partial charge in [0.2, 0.25) is 8.32 Å². The average Bonchev–Trinajstić information content (AvgIpc) is 2.45. The maximum absolute atomic E-state index is 11.8. The van der Waals surface area contributed by atoms with Crippen molar-refractivity contribution in [2.75, 3.05) is 0 Å². The molecule has 4 heteroatoms. The lowest BCUT2D eigenvalue weighted by Gasteiger charge is -2.44. The molecule has 3 nitrogen and oxygen atoms in total. The van der Waals surface area contributed by atoms with E-state index in [1.54, 1.807) is 6.92 Å². The van der Waals surface area contributed by atoms with Crippen molar-refractivity contribution in [1.82, 2.24) is 0 Å². The van der Waals surface area contributed by atoms with Gasteiger partial charge in [-0.2, -0.15) is 0 Å². The predicted octanol–water partition coefficient (Wildman–Crippen LogP) is 5.27. The number of carbonyl (C=O) groups excluding carboxylic acids is 2. The third kappa shape index (κ3) is 4.01. The number of Topliss-reactive ketones (excluding diaryl/α,β-unsaturated/α-hetero) is 1. The van der Waals surface area contributed by atoms with Crippen LogP contribution in [0, 0.1) is 17.8 Å². The molecule has 3 atom stereocenters. The largest absolute Gasteiger partial charge is 0.547 e. The summed E-state index contributed by atoms with van der Waals surface area (Å²) in [5.41, 5.74) is 1.39. The summed E-state index contributed by atoms with van der Waals surface area (Å²) >= 11 is 0. The van der Waals surface area contributed by atoms with Gasteiger partial charge in [0.05, 0.1) is 5.76 Å². The predicted molar refractivity (Wildman–Crippen MR) is 100 cm³/mol. The minimum Gasteiger partial charge on any atom is -0.547 e. The number of allylic oxidation sites excluding steroid dienone is 2. The maximum Gasteiger partial charge on any atom is 0.250 e. The highest BCUT2D eigenvalue weighted by Crippen LogP contribution is 2.49. The van der Waals surface area contributed by atoms with Crippen LogP contribution in [0.15, 0.2) is 11.3 Å². The summed E-state index contributed by atoms with van der Waals surface area (Å²) in [5.74, 6) is 1.73. The van der Waals surface area contributed by atoms with E-state index in [0.717, 1.165) is 31.3 Å². The molecule has 0 spiro atoms. The fourth-order valence-electron chi connectivity index (χ4n) is 4.00. The summed E-state index contributed by atoms with van der Waals surface area (Å²) in [6, 6.07) is 0. The van der Waals surface area contributed by atoms with Gasteiger partial charge < -0.3 is 14.0 Å². The Kier molecular flexibility index (Phi) is 5.78. The van der Waals surface area contributed by atoms with Gasteiger partial charge in [0.15, 0.2) is 0 Å². The van der Waals surface area contributed by atoms with Crippen LogP contribution in [-0.4, -0.2) is 20.4 Å². The molecule has 2 aliphatic carbocycles. The Balaban J connectivity index is 2.37. The number of hydrogen-bond acceptors (Lipinski definition) is 3. The zero-order valence-electron chi connectivity index (χ0n) is 16.3. The molecule has 2 aliphatic rings. The Morgan fingerprint density at radius 3 is 2.50 bits per heavy atom. The lowest BCUT2D eigenvalue weighted by atomic mass is 9.65. The van der Waals surface area contributed by atoms with Crippen molar-refractivity contribution in [2.24, 2.45) is 17.8 Å². The molecule has 2 rings (SSSR count). The second-order valence-corrected chi connectivity index (χ2v) is 14.0. The van der Waals surface area contributed by atoms with Crippen molar-refractivity contribution in [3.8, 4) is 0 Å². The number of hydrogen-bond donors (Lipinski definition) is 0. The van der Waals surface area contributed by atoms with Gasteiger partial charge in [0.1, 0.15) is 12.1 Å². The van der Waals surface area contributed by atoms with Crippen molar-refractivity contribution in [1.29, 1.82) is 0 Å². The van der Waals surface area contributed by atoms with Crippen LogP contribution in [0.25, 0.3) is 0 Å². The van der Waals surface area contributed by atoms with E-state index in [-0.39, 0.29) is 22.7 Å². The number of rotatable bonds is 5. The van der Waals surface area contributed by atoms with E-state index in [4.69, 9.17) is 4.43 Å². The molecule has 24 heavy (non-hydrogen) atoms. The van der Waals surface area contributed by atoms with E-state index in [0.29, 0.717) is 12.3 Å². The van der Waals surface area contributed by atoms with Gasteiger partial charge in [-0.3, -0.25) is 0 Å². The van der Waals surface area contributed by atoms with E-state index in [9.17, 15) is 9.59 Å². The lowest BCUT2D eigenvalue weighted by Crippen LogP contribution is -2.43. The molecular weight excluding hydrogens is 316 g/mol. The fraction of sp³-hybridized carbons (Fsp3) is 0.800. The van der Waals surface area contributed by atoms with E-state index < -0.39 is 8.32 Å². The van der Waals surface area contributed by atoms with Crippen molar-refractivity contribution in [3.63, 3.8) is 0 Å². The molecule has 0 aromatic heterocycles. The van der Waals surface area contributed by atoms with Crippen molar-refractivity contribution in [3.05, 3.63) is 11.3 Å². The number of carbonyl (C=O) groups is 2. The molecule has 0 aliphatic heterocycles. The molecule has 0 aromatic rings. The molecule has 3 unspecified atom stereocenters. The normalized spacial score (nSPS) is 28.3. The number of ketones is 1. The van der Waals surface area contributed by atoms with Crippen molar-refractivity contribution in [2.45, 2.75) is 84.4 Å². The molecular formula is C20H34O3Si. The summed E-state index contributed by atoms with van der Waals surface area (Å²) in [4.78, 5) is 23.5. The summed E-state index contributed by atoms with van der Waals surface area (Å²) in [6.45, 7) is 13.0. The second kappa shape index (κ2) is 7.15. The topological polar surface area (TPSA) is 43.4 Å². The van der Waals surface area contributed by atoms with E-state index in [1.165, 1.54) is 18.4 Å². The van der Waals surface area contributed by atoms with E-state index >= 15 is 0 Å². The first-order chi connectivity index (χ1) is 11.1. The molecule has 0 amide bonds. The van der Waals surface area contributed by atoms with Crippen molar-refractivity contribution >= 4 is 20.4 Å². The van der Waals surface area contributed by atoms with Crippen LogP contribution >= 0.6 is 0 Å². The van der Waals surface area contributed by atoms with Crippen LogP contribution in [0.3, 0.4) is 0 Å². The first-order valence-corrected chi connectivity index (χ1v) is 12.3. The van der Waals surface area contributed by atoms with Gasteiger partial charge >= 0.3 is 0 Å².